The fraction of sp³-hybridized carbons (Fsp3) is 0.804. The Balaban J connectivity index is 4.23. The SMILES string of the molecule is CCC/C=C\C/C=C\CCCCCCCC(=O)NC(COP(=O)([O-])OCC[N+](C)(C)C)C(O)/C=C/CC/C=C/CC/C=C/CCCCCCCCCCCCCCCCCCCCCC. The predicted octanol–water partition coefficient (Wildman–Crippen LogP) is 15.5. The van der Waals surface area contributed by atoms with Crippen LogP contribution in [0.2, 0.25) is 0 Å². The smallest absolute Gasteiger partial charge is 0.268 e. The van der Waals surface area contributed by atoms with Gasteiger partial charge in [0.05, 0.1) is 39.9 Å². The molecule has 0 aliphatic carbocycles. The van der Waals surface area contributed by atoms with E-state index in [9.17, 15) is 19.4 Å². The molecule has 1 amide bonds. The number of amides is 1. The normalized spacial score (nSPS) is 14.5. The molecular weight excluding hydrogens is 828 g/mol. The average Bonchev–Trinajstić information content (AvgIpc) is 3.26. The Hall–Kier alpha value is -1.80. The molecule has 0 saturated carbocycles. The molecule has 0 aliphatic heterocycles. The fourth-order valence-electron chi connectivity index (χ4n) is 7.63. The van der Waals surface area contributed by atoms with E-state index in [0.29, 0.717) is 17.4 Å². The number of quaternary nitrogens is 1. The number of aliphatic hydroxyl groups is 1. The van der Waals surface area contributed by atoms with Gasteiger partial charge in [-0.1, -0.05) is 222 Å². The second-order valence-corrected chi connectivity index (χ2v) is 21.0. The molecule has 0 aromatic carbocycles. The van der Waals surface area contributed by atoms with Crippen molar-refractivity contribution in [3.8, 4) is 0 Å². The Morgan fingerprint density at radius 1 is 0.538 bits per heavy atom. The predicted molar refractivity (Wildman–Crippen MR) is 279 cm³/mol. The Morgan fingerprint density at radius 2 is 0.938 bits per heavy atom. The second kappa shape index (κ2) is 47.3. The molecule has 0 saturated heterocycles. The van der Waals surface area contributed by atoms with Gasteiger partial charge in [-0.15, -0.1) is 0 Å². The van der Waals surface area contributed by atoms with E-state index in [4.69, 9.17) is 9.05 Å². The van der Waals surface area contributed by atoms with Gasteiger partial charge in [-0.3, -0.25) is 9.36 Å². The summed E-state index contributed by atoms with van der Waals surface area (Å²) in [4.78, 5) is 25.3. The van der Waals surface area contributed by atoms with Gasteiger partial charge in [0.2, 0.25) is 5.91 Å². The molecule has 0 fully saturated rings. The van der Waals surface area contributed by atoms with E-state index < -0.39 is 26.6 Å². The quantitative estimate of drug-likeness (QED) is 0.0272. The van der Waals surface area contributed by atoms with Crippen LogP contribution in [0.3, 0.4) is 0 Å². The molecule has 0 aromatic rings. The summed E-state index contributed by atoms with van der Waals surface area (Å²) in [5.41, 5.74) is 0. The summed E-state index contributed by atoms with van der Waals surface area (Å²) in [6, 6.07) is -0.919. The number of nitrogens with one attached hydrogen (secondary N) is 1. The van der Waals surface area contributed by atoms with Gasteiger partial charge in [0.25, 0.3) is 7.82 Å². The van der Waals surface area contributed by atoms with Crippen molar-refractivity contribution < 1.29 is 32.9 Å². The van der Waals surface area contributed by atoms with Crippen LogP contribution in [0.15, 0.2) is 60.8 Å². The van der Waals surface area contributed by atoms with E-state index in [1.165, 1.54) is 141 Å². The average molecular weight is 933 g/mol. The number of phosphoric acid groups is 1. The molecule has 9 heteroatoms. The number of hydrogen-bond donors (Lipinski definition) is 2. The number of allylic oxidation sites excluding steroid dienone is 9. The molecule has 0 rings (SSSR count). The molecule has 8 nitrogen and oxygen atoms in total. The largest absolute Gasteiger partial charge is 0.756 e. The van der Waals surface area contributed by atoms with Crippen LogP contribution in [0.4, 0.5) is 0 Å². The summed E-state index contributed by atoms with van der Waals surface area (Å²) in [6.45, 7) is 4.55. The number of rotatable bonds is 49. The van der Waals surface area contributed by atoms with Crippen LogP contribution in [0, 0.1) is 0 Å². The third kappa shape index (κ3) is 49.9. The number of aliphatic hydroxyl groups excluding tert-OH is 1. The first-order chi connectivity index (χ1) is 31.5. The summed E-state index contributed by atoms with van der Waals surface area (Å²) in [7, 11) is 1.22. The maximum atomic E-state index is 12.9. The first-order valence-electron chi connectivity index (χ1n) is 27.2. The van der Waals surface area contributed by atoms with Crippen molar-refractivity contribution in [1.82, 2.24) is 5.32 Å². The molecule has 0 spiro atoms. The fourth-order valence-corrected chi connectivity index (χ4v) is 8.36. The number of hydrogen-bond acceptors (Lipinski definition) is 6. The van der Waals surface area contributed by atoms with Crippen molar-refractivity contribution in [2.75, 3.05) is 40.9 Å². The minimum Gasteiger partial charge on any atom is -0.756 e. The van der Waals surface area contributed by atoms with Crippen LogP contribution in [0.1, 0.15) is 239 Å². The van der Waals surface area contributed by atoms with Crippen molar-refractivity contribution in [2.45, 2.75) is 251 Å². The van der Waals surface area contributed by atoms with E-state index in [1.807, 2.05) is 27.2 Å². The van der Waals surface area contributed by atoms with Gasteiger partial charge in [0, 0.05) is 6.42 Å². The maximum absolute atomic E-state index is 12.9. The van der Waals surface area contributed by atoms with Crippen molar-refractivity contribution >= 4 is 13.7 Å². The minimum atomic E-state index is -4.61. The first kappa shape index (κ1) is 63.2. The van der Waals surface area contributed by atoms with Gasteiger partial charge in [-0.05, 0) is 70.6 Å². The van der Waals surface area contributed by atoms with E-state index in [2.05, 4.69) is 67.8 Å². The molecule has 0 heterocycles. The Bertz CT molecular complexity index is 1240. The van der Waals surface area contributed by atoms with E-state index >= 15 is 0 Å². The zero-order valence-electron chi connectivity index (χ0n) is 43.2. The molecule has 380 valence electrons. The molecule has 0 aliphatic rings. The molecule has 3 atom stereocenters. The molecule has 0 radical (unpaired) electrons. The number of unbranched alkanes of at least 4 members (excludes halogenated alkanes) is 28. The minimum absolute atomic E-state index is 0.0140. The van der Waals surface area contributed by atoms with Crippen LogP contribution < -0.4 is 10.2 Å². The van der Waals surface area contributed by atoms with E-state index in [-0.39, 0.29) is 12.5 Å². The Morgan fingerprint density at radius 3 is 1.40 bits per heavy atom. The monoisotopic (exact) mass is 933 g/mol. The molecule has 2 N–H and O–H groups in total. The lowest BCUT2D eigenvalue weighted by Gasteiger charge is -2.29. The molecular formula is C56H105N2O6P. The van der Waals surface area contributed by atoms with Gasteiger partial charge >= 0.3 is 0 Å². The van der Waals surface area contributed by atoms with Crippen LogP contribution in [0.5, 0.6) is 0 Å². The van der Waals surface area contributed by atoms with Gasteiger partial charge in [0.1, 0.15) is 13.2 Å². The lowest BCUT2D eigenvalue weighted by molar-refractivity contribution is -0.870. The molecule has 65 heavy (non-hydrogen) atoms. The highest BCUT2D eigenvalue weighted by Gasteiger charge is 2.23. The number of phosphoric ester groups is 1. The van der Waals surface area contributed by atoms with Crippen LogP contribution >= 0.6 is 7.82 Å². The topological polar surface area (TPSA) is 108 Å². The van der Waals surface area contributed by atoms with Crippen molar-refractivity contribution in [3.63, 3.8) is 0 Å². The number of likely N-dealkylation sites (N-methyl/N-ethyl adjacent to an activating group) is 1. The summed E-state index contributed by atoms with van der Waals surface area (Å²) in [5, 5.41) is 13.8. The van der Waals surface area contributed by atoms with E-state index in [1.54, 1.807) is 6.08 Å². The zero-order chi connectivity index (χ0) is 47.8. The van der Waals surface area contributed by atoms with Crippen LogP contribution in [-0.4, -0.2) is 68.5 Å². The molecule has 3 unspecified atom stereocenters. The van der Waals surface area contributed by atoms with Crippen molar-refractivity contribution in [1.29, 1.82) is 0 Å². The first-order valence-corrected chi connectivity index (χ1v) is 28.6. The molecule has 0 aromatic heterocycles. The second-order valence-electron chi connectivity index (χ2n) is 19.6. The van der Waals surface area contributed by atoms with E-state index in [0.717, 1.165) is 77.0 Å². The maximum Gasteiger partial charge on any atom is 0.268 e. The standard InChI is InChI=1S/C56H105N2O6P/c1-6-8-10-12-14-16-18-20-21-22-23-24-25-26-27-28-29-30-31-32-33-34-35-36-38-39-41-43-45-47-49-55(59)54(53-64-65(61,62)63-52-51-58(3,4)5)57-56(60)50-48-46-44-42-40-37-19-17-15-13-11-9-7-2/h11,13,17,19,34-35,39,41,47,49,54-55,59H,6-10,12,14-16,18,20-33,36-38,40,42-46,48,50-53H2,1-5H3,(H-,57,60,61,62)/b13-11-,19-17-,35-34+,41-39+,49-47+. The van der Waals surface area contributed by atoms with Crippen LogP contribution in [0.25, 0.3) is 0 Å². The third-order valence-corrected chi connectivity index (χ3v) is 12.9. The molecule has 0 bridgehead atoms. The summed E-state index contributed by atoms with van der Waals surface area (Å²) >= 11 is 0. The van der Waals surface area contributed by atoms with Crippen LogP contribution in [-0.2, 0) is 18.4 Å². The summed E-state index contributed by atoms with van der Waals surface area (Å²) in [5.74, 6) is -0.227. The lowest BCUT2D eigenvalue weighted by Crippen LogP contribution is -2.45. The van der Waals surface area contributed by atoms with Crippen molar-refractivity contribution in [3.05, 3.63) is 60.8 Å². The van der Waals surface area contributed by atoms with Gasteiger partial charge in [-0.2, -0.15) is 0 Å². The summed E-state index contributed by atoms with van der Waals surface area (Å²) in [6.07, 6.45) is 63.1. The zero-order valence-corrected chi connectivity index (χ0v) is 44.1. The van der Waals surface area contributed by atoms with Gasteiger partial charge in [0.15, 0.2) is 0 Å². The van der Waals surface area contributed by atoms with Gasteiger partial charge < -0.3 is 28.8 Å². The highest BCUT2D eigenvalue weighted by atomic mass is 31.2. The lowest BCUT2D eigenvalue weighted by atomic mass is 10.0. The Labute approximate surface area is 402 Å². The highest BCUT2D eigenvalue weighted by molar-refractivity contribution is 7.45. The van der Waals surface area contributed by atoms with Crippen molar-refractivity contribution in [2.24, 2.45) is 0 Å². The Kier molecular flexibility index (Phi) is 46.0. The summed E-state index contributed by atoms with van der Waals surface area (Å²) < 4.78 is 23.2. The highest BCUT2D eigenvalue weighted by Crippen LogP contribution is 2.38. The van der Waals surface area contributed by atoms with Gasteiger partial charge in [-0.25, -0.2) is 0 Å². The number of carbonyl (C=O) groups is 1. The number of carbonyl (C=O) groups excluding carboxylic acids is 1. The third-order valence-electron chi connectivity index (χ3n) is 11.9. The number of nitrogens with zero attached hydrogens (tertiary/aromatic N) is 1.